The minimum absolute atomic E-state index is 0.139. The quantitative estimate of drug-likeness (QED) is 0.676. The number of rotatable bonds is 4. The van der Waals surface area contributed by atoms with E-state index in [4.69, 9.17) is 4.74 Å². The molecular weight excluding hydrogens is 380 g/mol. The molecule has 3 aromatic rings. The van der Waals surface area contributed by atoms with Crippen LogP contribution in [0.25, 0.3) is 16.7 Å². The van der Waals surface area contributed by atoms with Crippen molar-refractivity contribution in [3.8, 4) is 5.82 Å². The summed E-state index contributed by atoms with van der Waals surface area (Å²) in [6, 6.07) is 10.3. The Bertz CT molecular complexity index is 1020. The highest BCUT2D eigenvalue weighted by atomic mass is 16.6. The molecule has 1 fully saturated rings. The Morgan fingerprint density at radius 1 is 1.10 bits per heavy atom. The van der Waals surface area contributed by atoms with E-state index >= 15 is 0 Å². The van der Waals surface area contributed by atoms with Crippen molar-refractivity contribution in [1.29, 1.82) is 0 Å². The number of benzene rings is 1. The molecule has 4 rings (SSSR count). The summed E-state index contributed by atoms with van der Waals surface area (Å²) < 4.78 is 7.17. The lowest BCUT2D eigenvalue weighted by atomic mass is 9.91. The topological polar surface area (TPSA) is 94.0 Å². The Morgan fingerprint density at radius 2 is 1.83 bits per heavy atom. The molecule has 0 bridgehead atoms. The van der Waals surface area contributed by atoms with E-state index in [1.54, 1.807) is 6.20 Å². The molecule has 8 nitrogen and oxygen atoms in total. The van der Waals surface area contributed by atoms with E-state index in [1.807, 2.05) is 62.0 Å². The predicted octanol–water partition coefficient (Wildman–Crippen LogP) is 4.06. The number of nitrogens with zero attached hydrogens (tertiary/aromatic N) is 4. The molecule has 2 N–H and O–H groups in total. The molecule has 30 heavy (non-hydrogen) atoms. The SMILES string of the molecule is CC(C)(C)OC(=O)N[C@H]1CC[C@H](Nc2nccc(-n3ncc4ccccc43)n2)CC1. The molecular formula is C22H28N6O2. The maximum atomic E-state index is 12.0. The highest BCUT2D eigenvalue weighted by molar-refractivity contribution is 5.79. The van der Waals surface area contributed by atoms with Gasteiger partial charge in [0.2, 0.25) is 5.95 Å². The van der Waals surface area contributed by atoms with Crippen LogP contribution in [-0.4, -0.2) is 43.5 Å². The van der Waals surface area contributed by atoms with E-state index in [0.717, 1.165) is 42.4 Å². The second-order valence-electron chi connectivity index (χ2n) is 8.69. The fourth-order valence-corrected chi connectivity index (χ4v) is 3.73. The van der Waals surface area contributed by atoms with Gasteiger partial charge in [0.25, 0.3) is 0 Å². The molecule has 2 heterocycles. The third kappa shape index (κ3) is 4.87. The van der Waals surface area contributed by atoms with Gasteiger partial charge in [0.1, 0.15) is 5.60 Å². The number of nitrogens with one attached hydrogen (secondary N) is 2. The summed E-state index contributed by atoms with van der Waals surface area (Å²) in [5, 5.41) is 11.9. The molecule has 158 valence electrons. The van der Waals surface area contributed by atoms with Crippen LogP contribution in [0.3, 0.4) is 0 Å². The smallest absolute Gasteiger partial charge is 0.407 e. The third-order valence-corrected chi connectivity index (χ3v) is 5.12. The highest BCUT2D eigenvalue weighted by Crippen LogP contribution is 2.22. The summed E-state index contributed by atoms with van der Waals surface area (Å²) in [6.07, 6.45) is 6.87. The number of alkyl carbamates (subject to hydrolysis) is 1. The lowest BCUT2D eigenvalue weighted by molar-refractivity contribution is 0.0492. The summed E-state index contributed by atoms with van der Waals surface area (Å²) in [6.45, 7) is 5.61. The zero-order chi connectivity index (χ0) is 21.1. The Morgan fingerprint density at radius 3 is 2.60 bits per heavy atom. The first kappa shape index (κ1) is 20.1. The molecule has 0 unspecified atom stereocenters. The maximum absolute atomic E-state index is 12.0. The van der Waals surface area contributed by atoms with Crippen LogP contribution in [-0.2, 0) is 4.74 Å². The van der Waals surface area contributed by atoms with E-state index in [9.17, 15) is 4.79 Å². The number of hydrogen-bond donors (Lipinski definition) is 2. The van der Waals surface area contributed by atoms with Gasteiger partial charge < -0.3 is 15.4 Å². The van der Waals surface area contributed by atoms with E-state index in [0.29, 0.717) is 5.95 Å². The van der Waals surface area contributed by atoms with Crippen molar-refractivity contribution in [3.63, 3.8) is 0 Å². The van der Waals surface area contributed by atoms with E-state index in [1.165, 1.54) is 0 Å². The number of amides is 1. The second-order valence-corrected chi connectivity index (χ2v) is 8.69. The molecule has 1 aromatic carbocycles. The number of carbonyl (C=O) groups is 1. The lowest BCUT2D eigenvalue weighted by Crippen LogP contribution is -2.42. The van der Waals surface area contributed by atoms with E-state index in [-0.39, 0.29) is 18.2 Å². The molecule has 1 aliphatic rings. The monoisotopic (exact) mass is 408 g/mol. The van der Waals surface area contributed by atoms with Gasteiger partial charge in [-0.25, -0.2) is 14.5 Å². The number of para-hydroxylation sites is 1. The Balaban J connectivity index is 1.35. The average molecular weight is 409 g/mol. The first-order chi connectivity index (χ1) is 14.4. The summed E-state index contributed by atoms with van der Waals surface area (Å²) in [7, 11) is 0. The molecule has 1 aliphatic carbocycles. The zero-order valence-electron chi connectivity index (χ0n) is 17.6. The number of fused-ring (bicyclic) bond motifs is 1. The van der Waals surface area contributed by atoms with Crippen LogP contribution in [0, 0.1) is 0 Å². The van der Waals surface area contributed by atoms with Gasteiger partial charge in [-0.3, -0.25) is 0 Å². The Labute approximate surface area is 176 Å². The Hall–Kier alpha value is -3.16. The summed E-state index contributed by atoms with van der Waals surface area (Å²) in [4.78, 5) is 21.0. The number of ether oxygens (including phenoxy) is 1. The first-order valence-electron chi connectivity index (χ1n) is 10.4. The summed E-state index contributed by atoms with van der Waals surface area (Å²) in [5.74, 6) is 1.32. The summed E-state index contributed by atoms with van der Waals surface area (Å²) >= 11 is 0. The molecule has 2 aromatic heterocycles. The maximum Gasteiger partial charge on any atom is 0.407 e. The van der Waals surface area contributed by atoms with Gasteiger partial charge >= 0.3 is 6.09 Å². The first-order valence-corrected chi connectivity index (χ1v) is 10.4. The fourth-order valence-electron chi connectivity index (χ4n) is 3.73. The van der Waals surface area contributed by atoms with Gasteiger partial charge in [-0.2, -0.15) is 10.1 Å². The number of aromatic nitrogens is 4. The predicted molar refractivity (Wildman–Crippen MR) is 116 cm³/mol. The van der Waals surface area contributed by atoms with Gasteiger partial charge in [0.15, 0.2) is 5.82 Å². The van der Waals surface area contributed by atoms with E-state index in [2.05, 4.69) is 25.7 Å². The molecule has 0 radical (unpaired) electrons. The molecule has 0 atom stereocenters. The van der Waals surface area contributed by atoms with Crippen molar-refractivity contribution >= 4 is 22.9 Å². The second kappa shape index (κ2) is 8.30. The third-order valence-electron chi connectivity index (χ3n) is 5.12. The molecule has 0 spiro atoms. The molecule has 0 saturated heterocycles. The minimum atomic E-state index is -0.481. The standard InChI is InChI=1S/C22H28N6O2/c1-22(2,3)30-21(29)26-17-10-8-16(9-11-17)25-20-23-13-12-19(27-20)28-18-7-5-4-6-15(18)14-24-28/h4-7,12-14,16-17H,8-11H2,1-3H3,(H,26,29)(H,23,25,27)/t16-,17-. The molecule has 1 saturated carbocycles. The van der Waals surface area contributed by atoms with E-state index < -0.39 is 5.60 Å². The van der Waals surface area contributed by atoms with Crippen molar-refractivity contribution in [2.24, 2.45) is 0 Å². The Kier molecular flexibility index (Phi) is 5.57. The van der Waals surface area contributed by atoms with Gasteiger partial charge in [0, 0.05) is 29.7 Å². The van der Waals surface area contributed by atoms with Crippen LogP contribution in [0.5, 0.6) is 0 Å². The average Bonchev–Trinajstić information content (AvgIpc) is 3.12. The number of hydrogen-bond acceptors (Lipinski definition) is 6. The largest absolute Gasteiger partial charge is 0.444 e. The van der Waals surface area contributed by atoms with Crippen LogP contribution in [0.4, 0.5) is 10.7 Å². The van der Waals surface area contributed by atoms with Crippen LogP contribution in [0.1, 0.15) is 46.5 Å². The minimum Gasteiger partial charge on any atom is -0.444 e. The van der Waals surface area contributed by atoms with Crippen molar-refractivity contribution in [2.45, 2.75) is 64.1 Å². The molecule has 0 aliphatic heterocycles. The normalized spacial score (nSPS) is 19.4. The van der Waals surface area contributed by atoms with Crippen LogP contribution >= 0.6 is 0 Å². The van der Waals surface area contributed by atoms with Crippen molar-refractivity contribution in [3.05, 3.63) is 42.7 Å². The van der Waals surface area contributed by atoms with Gasteiger partial charge in [-0.05, 0) is 52.5 Å². The van der Waals surface area contributed by atoms with Crippen LogP contribution in [0.2, 0.25) is 0 Å². The highest BCUT2D eigenvalue weighted by Gasteiger charge is 2.25. The van der Waals surface area contributed by atoms with Gasteiger partial charge in [-0.15, -0.1) is 0 Å². The number of carbonyl (C=O) groups excluding carboxylic acids is 1. The van der Waals surface area contributed by atoms with Crippen LogP contribution in [0.15, 0.2) is 42.7 Å². The van der Waals surface area contributed by atoms with Gasteiger partial charge in [0.05, 0.1) is 11.7 Å². The van der Waals surface area contributed by atoms with Crippen LogP contribution < -0.4 is 10.6 Å². The van der Waals surface area contributed by atoms with Gasteiger partial charge in [-0.1, -0.05) is 18.2 Å². The summed E-state index contributed by atoms with van der Waals surface area (Å²) in [5.41, 5.74) is 0.529. The fraction of sp³-hybridized carbons (Fsp3) is 0.455. The lowest BCUT2D eigenvalue weighted by Gasteiger charge is -2.30. The van der Waals surface area contributed by atoms with Crippen molar-refractivity contribution in [2.75, 3.05) is 5.32 Å². The molecule has 8 heteroatoms. The molecule has 1 amide bonds. The number of anilines is 1. The van der Waals surface area contributed by atoms with Crippen molar-refractivity contribution in [1.82, 2.24) is 25.1 Å². The van der Waals surface area contributed by atoms with Crippen molar-refractivity contribution < 1.29 is 9.53 Å². The zero-order valence-corrected chi connectivity index (χ0v) is 17.6.